The fourth-order valence-corrected chi connectivity index (χ4v) is 4.44. The van der Waals surface area contributed by atoms with Gasteiger partial charge in [0.1, 0.15) is 11.3 Å². The summed E-state index contributed by atoms with van der Waals surface area (Å²) in [5, 5.41) is 2.52. The molecule has 0 bridgehead atoms. The number of rotatable bonds is 7. The molecule has 0 spiro atoms. The molecule has 0 saturated carbocycles. The summed E-state index contributed by atoms with van der Waals surface area (Å²) < 4.78 is 37.4. The lowest BCUT2D eigenvalue weighted by molar-refractivity contribution is -0.124. The Morgan fingerprint density at radius 1 is 1.15 bits per heavy atom. The minimum Gasteiger partial charge on any atom is -0.496 e. The Kier molecular flexibility index (Phi) is 7.61. The molecule has 1 amide bonds. The van der Waals surface area contributed by atoms with Crippen LogP contribution in [0, 0.1) is 0 Å². The van der Waals surface area contributed by atoms with E-state index < -0.39 is 28.5 Å². The van der Waals surface area contributed by atoms with E-state index in [1.807, 2.05) is 0 Å². The Morgan fingerprint density at radius 2 is 1.81 bits per heavy atom. The van der Waals surface area contributed by atoms with Crippen LogP contribution in [0.3, 0.4) is 0 Å². The number of amides is 1. The van der Waals surface area contributed by atoms with Gasteiger partial charge in [-0.05, 0) is 38.0 Å². The zero-order valence-electron chi connectivity index (χ0n) is 15.7. The highest BCUT2D eigenvalue weighted by Gasteiger charge is 2.27. The van der Waals surface area contributed by atoms with Gasteiger partial charge in [0.2, 0.25) is 10.0 Å². The number of hydrogen-bond donors (Lipinski definition) is 1. The SMILES string of the molecule is CCNC(=O)COC(=O)c1cc(S(=O)(=O)N2CCCCCC2)ccc1OC. The van der Waals surface area contributed by atoms with Crippen LogP contribution in [0.4, 0.5) is 0 Å². The number of esters is 1. The summed E-state index contributed by atoms with van der Waals surface area (Å²) in [7, 11) is -2.34. The van der Waals surface area contributed by atoms with Crippen LogP contribution in [-0.2, 0) is 19.6 Å². The van der Waals surface area contributed by atoms with E-state index in [1.165, 1.54) is 29.6 Å². The molecule has 9 heteroatoms. The summed E-state index contributed by atoms with van der Waals surface area (Å²) in [6.45, 7) is 2.65. The Balaban J connectivity index is 2.25. The van der Waals surface area contributed by atoms with E-state index in [4.69, 9.17) is 9.47 Å². The third-order valence-corrected chi connectivity index (χ3v) is 6.20. The topological polar surface area (TPSA) is 102 Å². The first-order valence-electron chi connectivity index (χ1n) is 9.02. The summed E-state index contributed by atoms with van der Waals surface area (Å²) in [5.41, 5.74) is -0.0299. The minimum atomic E-state index is -3.72. The molecule has 2 rings (SSSR count). The van der Waals surface area contributed by atoms with Gasteiger partial charge in [-0.2, -0.15) is 4.31 Å². The first-order valence-corrected chi connectivity index (χ1v) is 10.5. The van der Waals surface area contributed by atoms with Crippen molar-refractivity contribution in [2.24, 2.45) is 0 Å². The van der Waals surface area contributed by atoms with Gasteiger partial charge in [0.25, 0.3) is 5.91 Å². The van der Waals surface area contributed by atoms with E-state index in [-0.39, 0.29) is 16.2 Å². The fraction of sp³-hybridized carbons (Fsp3) is 0.556. The number of carbonyl (C=O) groups is 2. The lowest BCUT2D eigenvalue weighted by Crippen LogP contribution is -2.32. The second-order valence-corrected chi connectivity index (χ2v) is 8.15. The smallest absolute Gasteiger partial charge is 0.342 e. The highest BCUT2D eigenvalue weighted by atomic mass is 32.2. The Hall–Kier alpha value is -2.13. The predicted molar refractivity (Wildman–Crippen MR) is 99.2 cm³/mol. The lowest BCUT2D eigenvalue weighted by atomic mass is 10.2. The van der Waals surface area contributed by atoms with Gasteiger partial charge in [0, 0.05) is 19.6 Å². The van der Waals surface area contributed by atoms with Crippen LogP contribution in [0.25, 0.3) is 0 Å². The molecular weight excluding hydrogens is 372 g/mol. The van der Waals surface area contributed by atoms with Gasteiger partial charge in [-0.25, -0.2) is 13.2 Å². The number of hydrogen-bond acceptors (Lipinski definition) is 6. The van der Waals surface area contributed by atoms with Gasteiger partial charge >= 0.3 is 5.97 Å². The molecule has 1 aliphatic rings. The van der Waals surface area contributed by atoms with Crippen LogP contribution in [0.2, 0.25) is 0 Å². The number of sulfonamides is 1. The molecule has 27 heavy (non-hydrogen) atoms. The second-order valence-electron chi connectivity index (χ2n) is 6.21. The molecule has 0 radical (unpaired) electrons. The molecule has 150 valence electrons. The Morgan fingerprint density at radius 3 is 2.41 bits per heavy atom. The van der Waals surface area contributed by atoms with Crippen LogP contribution < -0.4 is 10.1 Å². The minimum absolute atomic E-state index is 0.00941. The average molecular weight is 398 g/mol. The largest absolute Gasteiger partial charge is 0.496 e. The summed E-state index contributed by atoms with van der Waals surface area (Å²) in [5.74, 6) is -1.06. The summed E-state index contributed by atoms with van der Waals surface area (Å²) >= 11 is 0. The quantitative estimate of drug-likeness (QED) is 0.699. The van der Waals surface area contributed by atoms with Crippen molar-refractivity contribution in [3.63, 3.8) is 0 Å². The number of carbonyl (C=O) groups excluding carboxylic acids is 2. The zero-order valence-corrected chi connectivity index (χ0v) is 16.5. The van der Waals surface area contributed by atoms with Crippen molar-refractivity contribution < 1.29 is 27.5 Å². The van der Waals surface area contributed by atoms with Crippen molar-refractivity contribution in [2.75, 3.05) is 33.4 Å². The maximum Gasteiger partial charge on any atom is 0.342 e. The standard InChI is InChI=1S/C18H26N2O6S/c1-3-19-17(21)13-26-18(22)15-12-14(8-9-16(15)25-2)27(23,24)20-10-6-4-5-7-11-20/h8-9,12H,3-7,10-11,13H2,1-2H3,(H,19,21). The van der Waals surface area contributed by atoms with Gasteiger partial charge in [-0.3, -0.25) is 4.79 Å². The van der Waals surface area contributed by atoms with Crippen molar-refractivity contribution in [1.29, 1.82) is 0 Å². The maximum atomic E-state index is 12.9. The van der Waals surface area contributed by atoms with Crippen molar-refractivity contribution in [3.05, 3.63) is 23.8 Å². The Labute approximate surface area is 159 Å². The molecule has 1 aromatic rings. The molecule has 1 aliphatic heterocycles. The number of methoxy groups -OCH3 is 1. The van der Waals surface area contributed by atoms with Crippen LogP contribution >= 0.6 is 0 Å². The molecule has 1 fully saturated rings. The number of nitrogens with one attached hydrogen (secondary N) is 1. The highest BCUT2D eigenvalue weighted by Crippen LogP contribution is 2.26. The average Bonchev–Trinajstić information content (AvgIpc) is 2.96. The van der Waals surface area contributed by atoms with E-state index in [2.05, 4.69) is 5.32 Å². The first kappa shape index (κ1) is 21.2. The van der Waals surface area contributed by atoms with E-state index >= 15 is 0 Å². The molecule has 1 saturated heterocycles. The van der Waals surface area contributed by atoms with Gasteiger partial charge in [-0.1, -0.05) is 12.8 Å². The summed E-state index contributed by atoms with van der Waals surface area (Å²) in [6.07, 6.45) is 3.64. The number of ether oxygens (including phenoxy) is 2. The molecule has 8 nitrogen and oxygen atoms in total. The molecule has 0 aromatic heterocycles. The molecule has 1 aromatic carbocycles. The third kappa shape index (κ3) is 5.43. The van der Waals surface area contributed by atoms with Gasteiger partial charge < -0.3 is 14.8 Å². The molecular formula is C18H26N2O6S. The highest BCUT2D eigenvalue weighted by molar-refractivity contribution is 7.89. The van der Waals surface area contributed by atoms with E-state index in [0.717, 1.165) is 25.7 Å². The van der Waals surface area contributed by atoms with Crippen molar-refractivity contribution in [3.8, 4) is 5.75 Å². The zero-order chi connectivity index (χ0) is 19.9. The van der Waals surface area contributed by atoms with Crippen molar-refractivity contribution >= 4 is 21.9 Å². The third-order valence-electron chi connectivity index (χ3n) is 4.30. The monoisotopic (exact) mass is 398 g/mol. The van der Waals surface area contributed by atoms with Gasteiger partial charge in [0.15, 0.2) is 6.61 Å². The van der Waals surface area contributed by atoms with Crippen molar-refractivity contribution in [2.45, 2.75) is 37.5 Å². The second kappa shape index (κ2) is 9.70. The summed E-state index contributed by atoms with van der Waals surface area (Å²) in [6, 6.07) is 4.09. The van der Waals surface area contributed by atoms with Crippen LogP contribution in [0.5, 0.6) is 5.75 Å². The van der Waals surface area contributed by atoms with Gasteiger partial charge in [-0.15, -0.1) is 0 Å². The normalized spacial score (nSPS) is 15.6. The van der Waals surface area contributed by atoms with Gasteiger partial charge in [0.05, 0.1) is 12.0 Å². The number of likely N-dealkylation sites (N-methyl/N-ethyl adjacent to an activating group) is 1. The first-order chi connectivity index (χ1) is 12.9. The fourth-order valence-electron chi connectivity index (χ4n) is 2.90. The van der Waals surface area contributed by atoms with Crippen LogP contribution in [0.15, 0.2) is 23.1 Å². The number of benzene rings is 1. The van der Waals surface area contributed by atoms with E-state index in [0.29, 0.717) is 19.6 Å². The molecule has 0 atom stereocenters. The maximum absolute atomic E-state index is 12.9. The predicted octanol–water partition coefficient (Wildman–Crippen LogP) is 1.55. The molecule has 1 heterocycles. The van der Waals surface area contributed by atoms with Crippen molar-refractivity contribution in [1.82, 2.24) is 9.62 Å². The van der Waals surface area contributed by atoms with E-state index in [9.17, 15) is 18.0 Å². The molecule has 0 unspecified atom stereocenters. The molecule has 0 aliphatic carbocycles. The lowest BCUT2D eigenvalue weighted by Gasteiger charge is -2.20. The molecule has 1 N–H and O–H groups in total. The van der Waals surface area contributed by atoms with Crippen LogP contribution in [-0.4, -0.2) is 58.0 Å². The number of nitrogens with zero attached hydrogens (tertiary/aromatic N) is 1. The van der Waals surface area contributed by atoms with E-state index in [1.54, 1.807) is 6.92 Å². The Bertz CT molecular complexity index is 770. The summed E-state index contributed by atoms with van der Waals surface area (Å²) in [4.78, 5) is 23.8. The van der Waals surface area contributed by atoms with Crippen LogP contribution in [0.1, 0.15) is 43.0 Å².